The molecule has 0 bridgehead atoms. The first-order chi connectivity index (χ1) is 7.49. The van der Waals surface area contributed by atoms with Crippen LogP contribution in [0.3, 0.4) is 0 Å². The molecule has 0 unspecified atom stereocenters. The van der Waals surface area contributed by atoms with Crippen LogP contribution < -0.4 is 5.73 Å². The summed E-state index contributed by atoms with van der Waals surface area (Å²) in [6.07, 6.45) is 3.95. The summed E-state index contributed by atoms with van der Waals surface area (Å²) in [5, 5.41) is 0. The fourth-order valence-corrected chi connectivity index (χ4v) is 3.31. The Morgan fingerprint density at radius 2 is 1.81 bits per heavy atom. The first-order valence-corrected chi connectivity index (χ1v) is 7.94. The topological polar surface area (TPSA) is 63.4 Å². The van der Waals surface area contributed by atoms with Gasteiger partial charge in [0.2, 0.25) is 0 Å². The Hall–Kier alpha value is -0.200. The van der Waals surface area contributed by atoms with Gasteiger partial charge in [0.1, 0.15) is 0 Å². The van der Waals surface area contributed by atoms with Gasteiger partial charge >= 0.3 is 0 Å². The molecule has 0 aromatic carbocycles. The highest BCUT2D eigenvalue weighted by Gasteiger charge is 2.15. The Morgan fingerprint density at radius 1 is 1.19 bits per heavy atom. The number of likely N-dealkylation sites (tertiary alicyclic amines) is 1. The van der Waals surface area contributed by atoms with E-state index >= 15 is 0 Å². The van der Waals surface area contributed by atoms with Crippen molar-refractivity contribution in [1.82, 2.24) is 4.90 Å². The van der Waals surface area contributed by atoms with E-state index in [0.717, 1.165) is 13.1 Å². The van der Waals surface area contributed by atoms with Crippen LogP contribution in [-0.2, 0) is 9.84 Å². The zero-order valence-electron chi connectivity index (χ0n) is 9.52. The highest BCUT2D eigenvalue weighted by Crippen LogP contribution is 2.08. The number of nitrogens with two attached hydrogens (primary N) is 1. The maximum atomic E-state index is 11.6. The van der Waals surface area contributed by atoms with Crippen LogP contribution in [0.2, 0.25) is 0 Å². The maximum absolute atomic E-state index is 11.6. The van der Waals surface area contributed by atoms with Crippen molar-refractivity contribution >= 4 is 27.0 Å². The van der Waals surface area contributed by atoms with E-state index in [1.807, 2.05) is 0 Å². The van der Waals surface area contributed by atoms with E-state index in [1.165, 1.54) is 19.3 Å². The minimum Gasteiger partial charge on any atom is -0.393 e. The molecule has 0 aromatic rings. The summed E-state index contributed by atoms with van der Waals surface area (Å²) in [5.74, 6) is 0.325. The lowest BCUT2D eigenvalue weighted by Crippen LogP contribution is -2.34. The maximum Gasteiger partial charge on any atom is 0.151 e. The Bertz CT molecular complexity index is 322. The lowest BCUT2D eigenvalue weighted by atomic mass is 10.1. The predicted octanol–water partition coefficient (Wildman–Crippen LogP) is 0.563. The van der Waals surface area contributed by atoms with Crippen LogP contribution in [0.5, 0.6) is 0 Å². The smallest absolute Gasteiger partial charge is 0.151 e. The van der Waals surface area contributed by atoms with Crippen molar-refractivity contribution in [2.24, 2.45) is 5.73 Å². The van der Waals surface area contributed by atoms with Gasteiger partial charge in [-0.3, -0.25) is 0 Å². The van der Waals surface area contributed by atoms with Crippen LogP contribution in [0.4, 0.5) is 0 Å². The number of nitrogens with zero attached hydrogens (tertiary/aromatic N) is 1. The zero-order valence-corrected chi connectivity index (χ0v) is 11.2. The molecule has 1 heterocycles. The van der Waals surface area contributed by atoms with Gasteiger partial charge in [0.25, 0.3) is 0 Å². The van der Waals surface area contributed by atoms with E-state index in [-0.39, 0.29) is 16.5 Å². The Kier molecular flexibility index (Phi) is 5.64. The summed E-state index contributed by atoms with van der Waals surface area (Å²) in [4.78, 5) is 2.50. The quantitative estimate of drug-likeness (QED) is 0.710. The minimum atomic E-state index is -2.99. The summed E-state index contributed by atoms with van der Waals surface area (Å²) in [6, 6.07) is 0. The summed E-state index contributed by atoms with van der Waals surface area (Å²) < 4.78 is 23.3. The first-order valence-electron chi connectivity index (χ1n) is 5.71. The molecule has 1 rings (SSSR count). The third-order valence-electron chi connectivity index (χ3n) is 2.83. The SMILES string of the molecule is NC(=S)CCS(=O)(=O)CCN1CCCCC1. The zero-order chi connectivity index (χ0) is 12.0. The monoisotopic (exact) mass is 264 g/mol. The molecule has 0 radical (unpaired) electrons. The van der Waals surface area contributed by atoms with Gasteiger partial charge in [-0.2, -0.15) is 0 Å². The Labute approximate surface area is 103 Å². The average Bonchev–Trinajstić information content (AvgIpc) is 2.26. The highest BCUT2D eigenvalue weighted by atomic mass is 32.2. The van der Waals surface area contributed by atoms with Crippen LogP contribution in [0.25, 0.3) is 0 Å². The summed E-state index contributed by atoms with van der Waals surface area (Å²) in [5.41, 5.74) is 5.30. The molecular formula is C10H20N2O2S2. The Balaban J connectivity index is 2.26. The van der Waals surface area contributed by atoms with Crippen molar-refractivity contribution in [3.63, 3.8) is 0 Å². The summed E-state index contributed by atoms with van der Waals surface area (Å²) in [6.45, 7) is 2.72. The summed E-state index contributed by atoms with van der Waals surface area (Å²) in [7, 11) is -2.99. The third-order valence-corrected chi connectivity index (χ3v) is 4.66. The molecule has 2 N–H and O–H groups in total. The minimum absolute atomic E-state index is 0.0934. The largest absolute Gasteiger partial charge is 0.393 e. The molecule has 94 valence electrons. The standard InChI is InChI=1S/C10H20N2O2S2/c11-10(15)4-8-16(13,14)9-7-12-5-2-1-3-6-12/h1-9H2,(H2,11,15). The van der Waals surface area contributed by atoms with Gasteiger partial charge in [0.15, 0.2) is 9.84 Å². The molecule has 0 aromatic heterocycles. The van der Waals surface area contributed by atoms with E-state index in [4.69, 9.17) is 5.73 Å². The number of rotatable bonds is 6. The van der Waals surface area contributed by atoms with Crippen LogP contribution in [0, 0.1) is 0 Å². The number of piperidine rings is 1. The fraction of sp³-hybridized carbons (Fsp3) is 0.900. The van der Waals surface area contributed by atoms with Gasteiger partial charge in [0.05, 0.1) is 16.5 Å². The second-order valence-corrected chi connectivity index (χ2v) is 7.10. The normalized spacial score (nSPS) is 18.5. The molecule has 1 aliphatic heterocycles. The fourth-order valence-electron chi connectivity index (χ4n) is 1.81. The van der Waals surface area contributed by atoms with Crippen molar-refractivity contribution in [3.8, 4) is 0 Å². The molecule has 0 spiro atoms. The lowest BCUT2D eigenvalue weighted by molar-refractivity contribution is 0.241. The van der Waals surface area contributed by atoms with Crippen LogP contribution in [-0.4, -0.2) is 49.4 Å². The molecule has 1 aliphatic rings. The van der Waals surface area contributed by atoms with Crippen molar-refractivity contribution in [2.75, 3.05) is 31.1 Å². The van der Waals surface area contributed by atoms with E-state index in [2.05, 4.69) is 17.1 Å². The van der Waals surface area contributed by atoms with E-state index in [1.54, 1.807) is 0 Å². The van der Waals surface area contributed by atoms with E-state index in [0.29, 0.717) is 13.0 Å². The van der Waals surface area contributed by atoms with Gasteiger partial charge in [-0.25, -0.2) is 8.42 Å². The Morgan fingerprint density at radius 3 is 2.38 bits per heavy atom. The van der Waals surface area contributed by atoms with Crippen molar-refractivity contribution in [1.29, 1.82) is 0 Å². The molecule has 0 aliphatic carbocycles. The molecule has 0 saturated carbocycles. The number of sulfone groups is 1. The molecule has 6 heteroatoms. The molecular weight excluding hydrogens is 244 g/mol. The van der Waals surface area contributed by atoms with Gasteiger partial charge in [-0.05, 0) is 25.9 Å². The predicted molar refractivity (Wildman–Crippen MR) is 70.3 cm³/mol. The van der Waals surface area contributed by atoms with Crippen molar-refractivity contribution < 1.29 is 8.42 Å². The van der Waals surface area contributed by atoms with Crippen LogP contribution in [0.1, 0.15) is 25.7 Å². The average molecular weight is 264 g/mol. The van der Waals surface area contributed by atoms with Gasteiger partial charge in [-0.15, -0.1) is 0 Å². The second kappa shape index (κ2) is 6.51. The number of hydrogen-bond donors (Lipinski definition) is 1. The first kappa shape index (κ1) is 13.9. The van der Waals surface area contributed by atoms with Gasteiger partial charge in [-0.1, -0.05) is 18.6 Å². The van der Waals surface area contributed by atoms with Crippen LogP contribution >= 0.6 is 12.2 Å². The summed E-state index contributed by atoms with van der Waals surface area (Å²) >= 11 is 4.68. The molecule has 0 amide bonds. The molecule has 4 nitrogen and oxygen atoms in total. The van der Waals surface area contributed by atoms with Crippen molar-refractivity contribution in [2.45, 2.75) is 25.7 Å². The molecule has 16 heavy (non-hydrogen) atoms. The highest BCUT2D eigenvalue weighted by molar-refractivity contribution is 7.91. The second-order valence-electron chi connectivity index (χ2n) is 4.27. The van der Waals surface area contributed by atoms with Crippen LogP contribution in [0.15, 0.2) is 0 Å². The molecule has 1 saturated heterocycles. The number of hydrogen-bond acceptors (Lipinski definition) is 4. The van der Waals surface area contributed by atoms with Gasteiger partial charge in [0, 0.05) is 13.0 Å². The van der Waals surface area contributed by atoms with E-state index in [9.17, 15) is 8.42 Å². The van der Waals surface area contributed by atoms with Crippen molar-refractivity contribution in [3.05, 3.63) is 0 Å². The third kappa shape index (κ3) is 5.77. The molecule has 0 atom stereocenters. The number of thiocarbonyl (C=S) groups is 1. The molecule has 1 fully saturated rings. The van der Waals surface area contributed by atoms with Gasteiger partial charge < -0.3 is 10.6 Å². The van der Waals surface area contributed by atoms with E-state index < -0.39 is 9.84 Å². The lowest BCUT2D eigenvalue weighted by Gasteiger charge is -2.26.